The van der Waals surface area contributed by atoms with E-state index in [0.717, 1.165) is 0 Å². The molecule has 1 aromatic heterocycles. The highest BCUT2D eigenvalue weighted by Crippen LogP contribution is 1.98. The highest BCUT2D eigenvalue weighted by atomic mass is 79.9. The van der Waals surface area contributed by atoms with Crippen molar-refractivity contribution in [1.29, 1.82) is 0 Å². The summed E-state index contributed by atoms with van der Waals surface area (Å²) in [6.45, 7) is 0. The topological polar surface area (TPSA) is 39.1 Å². The Morgan fingerprint density at radius 1 is 1.58 bits per heavy atom. The molecule has 0 saturated heterocycles. The Labute approximate surface area is 78.1 Å². The third kappa shape index (κ3) is 1.82. The van der Waals surface area contributed by atoms with Gasteiger partial charge >= 0.3 is 0 Å². The summed E-state index contributed by atoms with van der Waals surface area (Å²) in [5.74, 6) is -0.0226. The van der Waals surface area contributed by atoms with E-state index in [4.69, 9.17) is 0 Å². The molecule has 0 bridgehead atoms. The first-order valence-corrected chi connectivity index (χ1v) is 4.53. The van der Waals surface area contributed by atoms with Crippen molar-refractivity contribution >= 4 is 21.7 Å². The molecule has 0 saturated carbocycles. The highest BCUT2D eigenvalue weighted by molar-refractivity contribution is 9.09. The molecular formula is C8H8BrNO2. The number of aryl methyl sites for hydroxylation is 1. The van der Waals surface area contributed by atoms with E-state index in [1.54, 1.807) is 7.05 Å². The van der Waals surface area contributed by atoms with Crippen LogP contribution in [0.3, 0.4) is 0 Å². The van der Waals surface area contributed by atoms with Gasteiger partial charge in [-0.2, -0.15) is 0 Å². The molecule has 4 heteroatoms. The number of carbonyl (C=O) groups excluding carboxylic acids is 1. The van der Waals surface area contributed by atoms with Crippen LogP contribution in [0.15, 0.2) is 23.1 Å². The molecule has 3 nitrogen and oxygen atoms in total. The van der Waals surface area contributed by atoms with Crippen LogP contribution in [0.2, 0.25) is 0 Å². The number of aromatic nitrogens is 1. The average Bonchev–Trinajstić information content (AvgIpc) is 2.08. The van der Waals surface area contributed by atoms with Gasteiger partial charge in [0.1, 0.15) is 0 Å². The standard InChI is InChI=1S/C8H8BrNO2/c1-10-5-6(7(11)4-9)2-3-8(10)12/h2-3,5H,4H2,1H3. The van der Waals surface area contributed by atoms with E-state index in [9.17, 15) is 9.59 Å². The monoisotopic (exact) mass is 229 g/mol. The van der Waals surface area contributed by atoms with Crippen LogP contribution in [0.5, 0.6) is 0 Å². The number of rotatable bonds is 2. The van der Waals surface area contributed by atoms with Crippen LogP contribution in [0.25, 0.3) is 0 Å². The lowest BCUT2D eigenvalue weighted by Crippen LogP contribution is -2.16. The maximum Gasteiger partial charge on any atom is 0.250 e. The van der Waals surface area contributed by atoms with Gasteiger partial charge in [0.2, 0.25) is 5.56 Å². The predicted molar refractivity (Wildman–Crippen MR) is 49.8 cm³/mol. The molecule has 0 aliphatic rings. The lowest BCUT2D eigenvalue weighted by molar-refractivity contribution is 0.102. The number of hydrogen-bond acceptors (Lipinski definition) is 2. The molecule has 0 N–H and O–H groups in total. The van der Waals surface area contributed by atoms with E-state index in [2.05, 4.69) is 15.9 Å². The van der Waals surface area contributed by atoms with Gasteiger partial charge in [0, 0.05) is 24.9 Å². The molecule has 0 aliphatic carbocycles. The van der Waals surface area contributed by atoms with Gasteiger partial charge in [-0.05, 0) is 6.07 Å². The summed E-state index contributed by atoms with van der Waals surface area (Å²) in [5.41, 5.74) is 0.440. The van der Waals surface area contributed by atoms with E-state index in [0.29, 0.717) is 5.56 Å². The summed E-state index contributed by atoms with van der Waals surface area (Å²) < 4.78 is 1.38. The molecule has 1 heterocycles. The lowest BCUT2D eigenvalue weighted by Gasteiger charge is -1.99. The van der Waals surface area contributed by atoms with Crippen molar-refractivity contribution in [3.63, 3.8) is 0 Å². The van der Waals surface area contributed by atoms with Gasteiger partial charge < -0.3 is 4.57 Å². The molecule has 0 atom stereocenters. The summed E-state index contributed by atoms with van der Waals surface area (Å²) in [5, 5.41) is 0.283. The quantitative estimate of drug-likeness (QED) is 0.560. The predicted octanol–water partition coefficient (Wildman–Crippen LogP) is 0.963. The molecule has 12 heavy (non-hydrogen) atoms. The first kappa shape index (κ1) is 9.19. The number of hydrogen-bond donors (Lipinski definition) is 0. The summed E-state index contributed by atoms with van der Waals surface area (Å²) in [7, 11) is 1.62. The zero-order valence-electron chi connectivity index (χ0n) is 6.58. The SMILES string of the molecule is Cn1cc(C(=O)CBr)ccc1=O. The summed E-state index contributed by atoms with van der Waals surface area (Å²) in [4.78, 5) is 22.0. The Bertz CT molecular complexity index is 356. The van der Waals surface area contributed by atoms with Gasteiger partial charge in [-0.25, -0.2) is 0 Å². The Kier molecular flexibility index (Phi) is 2.81. The van der Waals surface area contributed by atoms with Crippen molar-refractivity contribution in [3.05, 3.63) is 34.2 Å². The van der Waals surface area contributed by atoms with E-state index in [-0.39, 0.29) is 16.7 Å². The van der Waals surface area contributed by atoms with E-state index in [1.165, 1.54) is 22.9 Å². The molecule has 0 fully saturated rings. The zero-order chi connectivity index (χ0) is 9.14. The Morgan fingerprint density at radius 3 is 2.75 bits per heavy atom. The molecule has 0 spiro atoms. The second-order valence-corrected chi connectivity index (χ2v) is 2.98. The van der Waals surface area contributed by atoms with Crippen molar-refractivity contribution in [2.75, 3.05) is 5.33 Å². The lowest BCUT2D eigenvalue weighted by atomic mass is 10.2. The van der Waals surface area contributed by atoms with Gasteiger partial charge in [-0.3, -0.25) is 9.59 Å². The zero-order valence-corrected chi connectivity index (χ0v) is 8.17. The average molecular weight is 230 g/mol. The Hall–Kier alpha value is -0.900. The van der Waals surface area contributed by atoms with Crippen molar-refractivity contribution in [3.8, 4) is 0 Å². The minimum Gasteiger partial charge on any atom is -0.318 e. The van der Waals surface area contributed by atoms with Gasteiger partial charge in [-0.15, -0.1) is 0 Å². The number of carbonyl (C=O) groups is 1. The minimum absolute atomic E-state index is 0.0226. The van der Waals surface area contributed by atoms with Crippen molar-refractivity contribution < 1.29 is 4.79 Å². The molecule has 0 amide bonds. The van der Waals surface area contributed by atoms with Crippen LogP contribution in [0.4, 0.5) is 0 Å². The Balaban J connectivity index is 3.13. The number of alkyl halides is 1. The number of ketones is 1. The largest absolute Gasteiger partial charge is 0.318 e. The second-order valence-electron chi connectivity index (χ2n) is 2.42. The molecular weight excluding hydrogens is 222 g/mol. The third-order valence-corrected chi connectivity index (χ3v) is 2.04. The maximum atomic E-state index is 11.1. The molecule has 0 aromatic carbocycles. The normalized spacial score (nSPS) is 9.83. The van der Waals surface area contributed by atoms with E-state index < -0.39 is 0 Å². The fourth-order valence-electron chi connectivity index (χ4n) is 0.836. The fourth-order valence-corrected chi connectivity index (χ4v) is 1.16. The fraction of sp³-hybridized carbons (Fsp3) is 0.250. The van der Waals surface area contributed by atoms with Crippen LogP contribution in [-0.4, -0.2) is 15.7 Å². The smallest absolute Gasteiger partial charge is 0.250 e. The summed E-state index contributed by atoms with van der Waals surface area (Å²) >= 11 is 3.06. The summed E-state index contributed by atoms with van der Waals surface area (Å²) in [6, 6.07) is 2.92. The molecule has 0 unspecified atom stereocenters. The van der Waals surface area contributed by atoms with Crippen LogP contribution in [0, 0.1) is 0 Å². The molecule has 1 rings (SSSR count). The number of Topliss-reactive ketones (excluding diaryl/α,β-unsaturated/α-hetero) is 1. The van der Waals surface area contributed by atoms with Crippen LogP contribution in [0.1, 0.15) is 10.4 Å². The van der Waals surface area contributed by atoms with E-state index >= 15 is 0 Å². The van der Waals surface area contributed by atoms with Gasteiger partial charge in [0.15, 0.2) is 5.78 Å². The third-order valence-electron chi connectivity index (χ3n) is 1.53. The molecule has 1 aromatic rings. The van der Waals surface area contributed by atoms with E-state index in [1.807, 2.05) is 0 Å². The van der Waals surface area contributed by atoms with Gasteiger partial charge in [0.05, 0.1) is 5.33 Å². The van der Waals surface area contributed by atoms with Crippen molar-refractivity contribution in [2.24, 2.45) is 7.05 Å². The van der Waals surface area contributed by atoms with Crippen molar-refractivity contribution in [1.82, 2.24) is 4.57 Å². The highest BCUT2D eigenvalue weighted by Gasteiger charge is 2.03. The first-order valence-electron chi connectivity index (χ1n) is 3.41. The molecule has 64 valence electrons. The number of halogens is 1. The van der Waals surface area contributed by atoms with Crippen LogP contribution >= 0.6 is 15.9 Å². The second kappa shape index (κ2) is 3.67. The van der Waals surface area contributed by atoms with Gasteiger partial charge in [0.25, 0.3) is 0 Å². The van der Waals surface area contributed by atoms with Gasteiger partial charge in [-0.1, -0.05) is 15.9 Å². The maximum absolute atomic E-state index is 11.1. The van der Waals surface area contributed by atoms with Crippen molar-refractivity contribution in [2.45, 2.75) is 0 Å². The minimum atomic E-state index is -0.110. The molecule has 0 radical (unpaired) electrons. The first-order chi connectivity index (χ1) is 5.65. The van der Waals surface area contributed by atoms with Crippen LogP contribution in [-0.2, 0) is 7.05 Å². The number of nitrogens with zero attached hydrogens (tertiary/aromatic N) is 1. The Morgan fingerprint density at radius 2 is 2.25 bits per heavy atom. The van der Waals surface area contributed by atoms with Crippen LogP contribution < -0.4 is 5.56 Å². The summed E-state index contributed by atoms with van der Waals surface area (Å²) in [6.07, 6.45) is 1.53. The molecule has 0 aliphatic heterocycles. The number of pyridine rings is 1.